The van der Waals surface area contributed by atoms with Crippen LogP contribution < -0.4 is 0 Å². The Morgan fingerprint density at radius 1 is 1.24 bits per heavy atom. The summed E-state index contributed by atoms with van der Waals surface area (Å²) in [6, 6.07) is 10.2. The topological polar surface area (TPSA) is 27.1 Å². The average Bonchev–Trinajstić information content (AvgIpc) is 2.76. The summed E-state index contributed by atoms with van der Waals surface area (Å²) in [5, 5.41) is 0. The van der Waals surface area contributed by atoms with E-state index in [-0.39, 0.29) is 0 Å². The third kappa shape index (κ3) is 3.88. The predicted octanol–water partition coefficient (Wildman–Crippen LogP) is 3.03. The molecule has 0 saturated carbocycles. The number of ether oxygens (including phenoxy) is 1. The van der Waals surface area contributed by atoms with Gasteiger partial charge < -0.3 is 4.74 Å². The smallest absolute Gasteiger partial charge is 0.123 e. The molecule has 1 aromatic carbocycles. The number of halogens is 1. The molecular formula is C13H15ClN2O. The van der Waals surface area contributed by atoms with Crippen molar-refractivity contribution in [3.63, 3.8) is 0 Å². The summed E-state index contributed by atoms with van der Waals surface area (Å²) in [5.41, 5.74) is 1.20. The highest BCUT2D eigenvalue weighted by Crippen LogP contribution is 2.04. The molecule has 17 heavy (non-hydrogen) atoms. The second kappa shape index (κ2) is 6.42. The first-order valence-corrected chi connectivity index (χ1v) is 6.00. The predicted molar refractivity (Wildman–Crippen MR) is 67.9 cm³/mol. The molecule has 90 valence electrons. The molecule has 0 aliphatic carbocycles. The lowest BCUT2D eigenvalue weighted by atomic mass is 10.2. The second-order valence-corrected chi connectivity index (χ2v) is 4.16. The summed E-state index contributed by atoms with van der Waals surface area (Å²) in [7, 11) is 0. The van der Waals surface area contributed by atoms with E-state index in [2.05, 4.69) is 17.1 Å². The van der Waals surface area contributed by atoms with Gasteiger partial charge in [-0.25, -0.2) is 9.07 Å². The van der Waals surface area contributed by atoms with Gasteiger partial charge in [-0.3, -0.25) is 0 Å². The molecular weight excluding hydrogens is 236 g/mol. The van der Waals surface area contributed by atoms with E-state index in [4.69, 9.17) is 16.5 Å². The Labute approximate surface area is 106 Å². The third-order valence-electron chi connectivity index (χ3n) is 2.47. The maximum absolute atomic E-state index is 5.86. The lowest BCUT2D eigenvalue weighted by Crippen LogP contribution is -2.00. The van der Waals surface area contributed by atoms with E-state index in [1.165, 1.54) is 9.65 Å². The Morgan fingerprint density at radius 3 is 2.76 bits per heavy atom. The zero-order chi connectivity index (χ0) is 11.9. The zero-order valence-electron chi connectivity index (χ0n) is 9.55. The zero-order valence-corrected chi connectivity index (χ0v) is 10.3. The first-order valence-electron chi connectivity index (χ1n) is 5.66. The molecule has 1 aromatic heterocycles. The van der Waals surface area contributed by atoms with Gasteiger partial charge in [0, 0.05) is 37.2 Å². The number of hydrogen-bond acceptors (Lipinski definition) is 2. The molecule has 4 heteroatoms. The highest BCUT2D eigenvalue weighted by molar-refractivity contribution is 6.15. The van der Waals surface area contributed by atoms with Crippen molar-refractivity contribution < 1.29 is 4.74 Å². The average molecular weight is 251 g/mol. The maximum Gasteiger partial charge on any atom is 0.123 e. The van der Waals surface area contributed by atoms with Gasteiger partial charge in [0.05, 0.1) is 6.61 Å². The van der Waals surface area contributed by atoms with Crippen LogP contribution in [0.25, 0.3) is 0 Å². The molecule has 2 rings (SSSR count). The maximum atomic E-state index is 5.86. The molecule has 3 nitrogen and oxygen atoms in total. The normalized spacial score (nSPS) is 10.6. The van der Waals surface area contributed by atoms with Gasteiger partial charge in [0.15, 0.2) is 0 Å². The van der Waals surface area contributed by atoms with E-state index < -0.39 is 0 Å². The molecule has 0 bridgehead atoms. The van der Waals surface area contributed by atoms with Crippen LogP contribution in [0.1, 0.15) is 17.8 Å². The van der Waals surface area contributed by atoms with E-state index >= 15 is 0 Å². The first-order chi connectivity index (χ1) is 8.36. The number of hydrogen-bond donors (Lipinski definition) is 0. The van der Waals surface area contributed by atoms with E-state index in [0.717, 1.165) is 25.3 Å². The summed E-state index contributed by atoms with van der Waals surface area (Å²) < 4.78 is 7.10. The molecule has 1 heterocycles. The van der Waals surface area contributed by atoms with Crippen LogP contribution in [0.3, 0.4) is 0 Å². The standard InChI is InChI=1S/C13H15ClN2O/c14-16-9-8-15-13(16)7-4-10-17-11-12-5-2-1-3-6-12/h1-3,5-6,8-9H,4,7,10-11H2. The molecule has 0 spiro atoms. The SMILES string of the molecule is Cln1ccnc1CCCOCc1ccccc1. The first kappa shape index (κ1) is 12.1. The molecule has 0 aliphatic heterocycles. The summed E-state index contributed by atoms with van der Waals surface area (Å²) in [5.74, 6) is 0.884. The molecule has 0 aliphatic rings. The van der Waals surface area contributed by atoms with Crippen molar-refractivity contribution in [3.8, 4) is 0 Å². The van der Waals surface area contributed by atoms with Crippen LogP contribution in [0, 0.1) is 0 Å². The molecule has 0 fully saturated rings. The number of imidazole rings is 1. The van der Waals surface area contributed by atoms with E-state index in [1.807, 2.05) is 18.2 Å². The third-order valence-corrected chi connectivity index (χ3v) is 2.78. The minimum atomic E-state index is 0.663. The van der Waals surface area contributed by atoms with Gasteiger partial charge in [-0.1, -0.05) is 30.3 Å². The Hall–Kier alpha value is -1.32. The summed E-state index contributed by atoms with van der Waals surface area (Å²) in [6.45, 7) is 1.38. The summed E-state index contributed by atoms with van der Waals surface area (Å²) in [6.07, 6.45) is 5.21. The Bertz CT molecular complexity index is 442. The van der Waals surface area contributed by atoms with Crippen molar-refractivity contribution in [2.45, 2.75) is 19.4 Å². The molecule has 0 amide bonds. The van der Waals surface area contributed by atoms with Crippen molar-refractivity contribution in [1.29, 1.82) is 0 Å². The Morgan fingerprint density at radius 2 is 2.06 bits per heavy atom. The van der Waals surface area contributed by atoms with Crippen LogP contribution in [0.2, 0.25) is 0 Å². The van der Waals surface area contributed by atoms with E-state index in [0.29, 0.717) is 6.61 Å². The molecule has 0 N–H and O–H groups in total. The van der Waals surface area contributed by atoms with E-state index in [1.54, 1.807) is 12.4 Å². The second-order valence-electron chi connectivity index (χ2n) is 3.80. The van der Waals surface area contributed by atoms with Gasteiger partial charge in [-0.2, -0.15) is 0 Å². The highest BCUT2D eigenvalue weighted by atomic mass is 35.5. The van der Waals surface area contributed by atoms with Crippen LogP contribution in [0.15, 0.2) is 42.7 Å². The van der Waals surface area contributed by atoms with Crippen molar-refractivity contribution in [2.75, 3.05) is 6.61 Å². The fourth-order valence-electron chi connectivity index (χ4n) is 1.59. The van der Waals surface area contributed by atoms with Crippen LogP contribution in [0.4, 0.5) is 0 Å². The van der Waals surface area contributed by atoms with Crippen LogP contribution in [0.5, 0.6) is 0 Å². The number of nitrogens with zero attached hydrogens (tertiary/aromatic N) is 2. The minimum Gasteiger partial charge on any atom is -0.377 e. The Balaban J connectivity index is 1.63. The molecule has 0 unspecified atom stereocenters. The lowest BCUT2D eigenvalue weighted by Gasteiger charge is -2.04. The molecule has 2 aromatic rings. The fourth-order valence-corrected chi connectivity index (χ4v) is 1.77. The van der Waals surface area contributed by atoms with Gasteiger partial charge in [0.25, 0.3) is 0 Å². The number of aryl methyl sites for hydroxylation is 1. The van der Waals surface area contributed by atoms with Gasteiger partial charge in [-0.05, 0) is 12.0 Å². The monoisotopic (exact) mass is 250 g/mol. The quantitative estimate of drug-likeness (QED) is 0.737. The molecule has 0 saturated heterocycles. The summed E-state index contributed by atoms with van der Waals surface area (Å²) >= 11 is 5.86. The van der Waals surface area contributed by atoms with Crippen LogP contribution >= 0.6 is 11.8 Å². The van der Waals surface area contributed by atoms with Crippen LogP contribution in [-0.4, -0.2) is 15.7 Å². The number of benzene rings is 1. The van der Waals surface area contributed by atoms with Gasteiger partial charge >= 0.3 is 0 Å². The minimum absolute atomic E-state index is 0.663. The van der Waals surface area contributed by atoms with Gasteiger partial charge in [0.2, 0.25) is 0 Å². The van der Waals surface area contributed by atoms with Gasteiger partial charge in [-0.15, -0.1) is 0 Å². The van der Waals surface area contributed by atoms with Crippen molar-refractivity contribution in [3.05, 3.63) is 54.1 Å². The Kier molecular flexibility index (Phi) is 4.59. The van der Waals surface area contributed by atoms with Crippen molar-refractivity contribution in [1.82, 2.24) is 9.07 Å². The van der Waals surface area contributed by atoms with E-state index in [9.17, 15) is 0 Å². The van der Waals surface area contributed by atoms with Crippen LogP contribution in [-0.2, 0) is 17.8 Å². The van der Waals surface area contributed by atoms with Gasteiger partial charge in [0.1, 0.15) is 5.82 Å². The van der Waals surface area contributed by atoms with Crippen molar-refractivity contribution in [2.24, 2.45) is 0 Å². The van der Waals surface area contributed by atoms with Crippen molar-refractivity contribution >= 4 is 11.8 Å². The molecule has 0 radical (unpaired) electrons. The largest absolute Gasteiger partial charge is 0.377 e. The highest BCUT2D eigenvalue weighted by Gasteiger charge is 2.00. The fraction of sp³-hybridized carbons (Fsp3) is 0.308. The number of rotatable bonds is 6. The number of aromatic nitrogens is 2. The summed E-state index contributed by atoms with van der Waals surface area (Å²) in [4.78, 5) is 4.15. The molecule has 0 atom stereocenters. The lowest BCUT2D eigenvalue weighted by molar-refractivity contribution is 0.118.